The van der Waals surface area contributed by atoms with E-state index in [-0.39, 0.29) is 0 Å². The lowest BCUT2D eigenvalue weighted by Gasteiger charge is -2.04. The molecule has 13 heavy (non-hydrogen) atoms. The fourth-order valence-electron chi connectivity index (χ4n) is 1.20. The number of hydrogen-bond donors (Lipinski definition) is 1. The smallest absolute Gasteiger partial charge is 0.0980 e. The molecule has 0 radical (unpaired) electrons. The SMILES string of the molecule is CCC(=NC)c1ccsc1NCI. The van der Waals surface area contributed by atoms with Gasteiger partial charge in [-0.1, -0.05) is 29.5 Å². The van der Waals surface area contributed by atoms with E-state index >= 15 is 0 Å². The molecule has 2 nitrogen and oxygen atoms in total. The fourth-order valence-corrected chi connectivity index (χ4v) is 2.65. The Bertz CT molecular complexity index is 294. The summed E-state index contributed by atoms with van der Waals surface area (Å²) in [6.45, 7) is 2.13. The van der Waals surface area contributed by atoms with Crippen molar-refractivity contribution < 1.29 is 0 Å². The molecule has 1 N–H and O–H groups in total. The highest BCUT2D eigenvalue weighted by Gasteiger charge is 2.07. The summed E-state index contributed by atoms with van der Waals surface area (Å²) >= 11 is 4.04. The van der Waals surface area contributed by atoms with E-state index in [9.17, 15) is 0 Å². The lowest BCUT2D eigenvalue weighted by atomic mass is 10.1. The molecular formula is C9H13IN2S. The summed E-state index contributed by atoms with van der Waals surface area (Å²) < 4.78 is 0.936. The first-order chi connectivity index (χ1) is 6.33. The van der Waals surface area contributed by atoms with E-state index in [4.69, 9.17) is 0 Å². The largest absolute Gasteiger partial charge is 0.367 e. The van der Waals surface area contributed by atoms with Gasteiger partial charge in [0.05, 0.1) is 9.55 Å². The Morgan fingerprint density at radius 2 is 2.46 bits per heavy atom. The normalized spacial score (nSPS) is 11.8. The molecule has 0 aliphatic heterocycles. The van der Waals surface area contributed by atoms with Crippen LogP contribution in [0.2, 0.25) is 0 Å². The molecule has 1 rings (SSSR count). The molecule has 0 amide bonds. The van der Waals surface area contributed by atoms with E-state index in [2.05, 4.69) is 51.3 Å². The van der Waals surface area contributed by atoms with Crippen LogP contribution in [0.3, 0.4) is 0 Å². The molecular weight excluding hydrogens is 295 g/mol. The van der Waals surface area contributed by atoms with Gasteiger partial charge in [0.1, 0.15) is 0 Å². The molecule has 1 aromatic rings. The molecule has 0 saturated heterocycles. The van der Waals surface area contributed by atoms with E-state index in [0.29, 0.717) is 0 Å². The summed E-state index contributed by atoms with van der Waals surface area (Å²) in [4.78, 5) is 4.27. The number of thiophene rings is 1. The summed E-state index contributed by atoms with van der Waals surface area (Å²) in [5.74, 6) is 0. The topological polar surface area (TPSA) is 24.4 Å². The summed E-state index contributed by atoms with van der Waals surface area (Å²) in [7, 11) is 1.85. The number of anilines is 1. The van der Waals surface area contributed by atoms with Gasteiger partial charge >= 0.3 is 0 Å². The van der Waals surface area contributed by atoms with Crippen molar-refractivity contribution in [2.75, 3.05) is 16.9 Å². The van der Waals surface area contributed by atoms with E-state index in [1.165, 1.54) is 16.3 Å². The van der Waals surface area contributed by atoms with Crippen LogP contribution in [-0.2, 0) is 0 Å². The van der Waals surface area contributed by atoms with Crippen molar-refractivity contribution in [1.82, 2.24) is 0 Å². The second kappa shape index (κ2) is 5.59. The summed E-state index contributed by atoms with van der Waals surface area (Å²) in [6.07, 6.45) is 0.989. The van der Waals surface area contributed by atoms with Crippen LogP contribution in [0.5, 0.6) is 0 Å². The van der Waals surface area contributed by atoms with Crippen LogP contribution < -0.4 is 5.32 Å². The zero-order valence-corrected chi connectivity index (χ0v) is 10.8. The zero-order valence-electron chi connectivity index (χ0n) is 7.80. The van der Waals surface area contributed by atoms with Crippen molar-refractivity contribution in [2.24, 2.45) is 4.99 Å². The lowest BCUT2D eigenvalue weighted by Crippen LogP contribution is -2.02. The molecule has 4 heteroatoms. The number of halogens is 1. The molecule has 0 unspecified atom stereocenters. The van der Waals surface area contributed by atoms with Crippen molar-refractivity contribution in [3.05, 3.63) is 17.0 Å². The van der Waals surface area contributed by atoms with Crippen LogP contribution in [0.1, 0.15) is 18.9 Å². The predicted octanol–water partition coefficient (Wildman–Crippen LogP) is 3.38. The van der Waals surface area contributed by atoms with Crippen molar-refractivity contribution in [3.8, 4) is 0 Å². The Labute approximate surface area is 96.6 Å². The average Bonchev–Trinajstić information content (AvgIpc) is 2.57. The van der Waals surface area contributed by atoms with Gasteiger partial charge in [-0.3, -0.25) is 4.99 Å². The quantitative estimate of drug-likeness (QED) is 0.392. The van der Waals surface area contributed by atoms with Crippen molar-refractivity contribution >= 4 is 44.6 Å². The van der Waals surface area contributed by atoms with E-state index in [1.54, 1.807) is 11.3 Å². The van der Waals surface area contributed by atoms with Crippen molar-refractivity contribution in [2.45, 2.75) is 13.3 Å². The number of nitrogens with one attached hydrogen (secondary N) is 1. The van der Waals surface area contributed by atoms with Crippen molar-refractivity contribution in [1.29, 1.82) is 0 Å². The van der Waals surface area contributed by atoms with E-state index < -0.39 is 0 Å². The van der Waals surface area contributed by atoms with Crippen LogP contribution in [0.25, 0.3) is 0 Å². The predicted molar refractivity (Wildman–Crippen MR) is 69.6 cm³/mol. The van der Waals surface area contributed by atoms with Gasteiger partial charge in [0.25, 0.3) is 0 Å². The second-order valence-electron chi connectivity index (χ2n) is 2.50. The molecule has 72 valence electrons. The summed E-state index contributed by atoms with van der Waals surface area (Å²) in [5.41, 5.74) is 2.43. The Morgan fingerprint density at radius 3 is 3.00 bits per heavy atom. The number of alkyl halides is 1. The molecule has 0 fully saturated rings. The van der Waals surface area contributed by atoms with Gasteiger partial charge in [-0.05, 0) is 17.9 Å². The van der Waals surface area contributed by atoms with Crippen LogP contribution in [0.4, 0.5) is 5.00 Å². The molecule has 0 aliphatic rings. The van der Waals surface area contributed by atoms with Gasteiger partial charge in [0, 0.05) is 18.3 Å². The minimum atomic E-state index is 0.936. The minimum absolute atomic E-state index is 0.936. The molecule has 0 spiro atoms. The Hall–Kier alpha value is -0.100. The summed E-state index contributed by atoms with van der Waals surface area (Å²) in [6, 6.07) is 2.13. The standard InChI is InChI=1S/C9H13IN2S/c1-3-8(11-2)7-4-5-13-9(7)12-6-10/h4-5,12H,3,6H2,1-2H3. The highest BCUT2D eigenvalue weighted by atomic mass is 127. The Kier molecular flexibility index (Phi) is 4.72. The van der Waals surface area contributed by atoms with E-state index in [0.717, 1.165) is 11.0 Å². The molecule has 0 saturated carbocycles. The number of aliphatic imine (C=N–C) groups is 1. The molecule has 0 aromatic carbocycles. The van der Waals surface area contributed by atoms with Gasteiger partial charge in [0.15, 0.2) is 0 Å². The van der Waals surface area contributed by atoms with Crippen LogP contribution >= 0.6 is 33.9 Å². The summed E-state index contributed by atoms with van der Waals surface area (Å²) in [5, 5.41) is 6.66. The van der Waals surface area contributed by atoms with Gasteiger partial charge in [-0.15, -0.1) is 11.3 Å². The first-order valence-electron chi connectivity index (χ1n) is 4.16. The van der Waals surface area contributed by atoms with Gasteiger partial charge < -0.3 is 5.32 Å². The maximum absolute atomic E-state index is 4.27. The Balaban J connectivity index is 2.92. The fraction of sp³-hybridized carbons (Fsp3) is 0.444. The number of hydrogen-bond acceptors (Lipinski definition) is 3. The van der Waals surface area contributed by atoms with Gasteiger partial charge in [0.2, 0.25) is 0 Å². The molecule has 1 heterocycles. The Morgan fingerprint density at radius 1 is 1.69 bits per heavy atom. The lowest BCUT2D eigenvalue weighted by molar-refractivity contribution is 1.24. The first kappa shape index (κ1) is 11.0. The van der Waals surface area contributed by atoms with Crippen LogP contribution in [0.15, 0.2) is 16.4 Å². The zero-order chi connectivity index (χ0) is 9.68. The third kappa shape index (κ3) is 2.67. The molecule has 1 aromatic heterocycles. The van der Waals surface area contributed by atoms with E-state index in [1.807, 2.05) is 7.05 Å². The number of nitrogens with zero attached hydrogens (tertiary/aromatic N) is 1. The maximum atomic E-state index is 4.27. The highest BCUT2D eigenvalue weighted by Crippen LogP contribution is 2.24. The number of rotatable bonds is 4. The third-order valence-electron chi connectivity index (χ3n) is 1.81. The van der Waals surface area contributed by atoms with Crippen molar-refractivity contribution in [3.63, 3.8) is 0 Å². The van der Waals surface area contributed by atoms with Gasteiger partial charge in [-0.2, -0.15) is 0 Å². The van der Waals surface area contributed by atoms with Gasteiger partial charge in [-0.25, -0.2) is 0 Å². The monoisotopic (exact) mass is 308 g/mol. The molecule has 0 atom stereocenters. The average molecular weight is 308 g/mol. The molecule has 0 bridgehead atoms. The van der Waals surface area contributed by atoms with Crippen LogP contribution in [0, 0.1) is 0 Å². The molecule has 0 aliphatic carbocycles. The van der Waals surface area contributed by atoms with Crippen LogP contribution in [-0.4, -0.2) is 17.3 Å². The minimum Gasteiger partial charge on any atom is -0.367 e. The maximum Gasteiger partial charge on any atom is 0.0980 e. The third-order valence-corrected chi connectivity index (χ3v) is 3.06. The second-order valence-corrected chi connectivity index (χ2v) is 4.18. The first-order valence-corrected chi connectivity index (χ1v) is 6.57. The highest BCUT2D eigenvalue weighted by molar-refractivity contribution is 14.1.